The van der Waals surface area contributed by atoms with Crippen LogP contribution in [0.3, 0.4) is 0 Å². The second kappa shape index (κ2) is 11.0. The van der Waals surface area contributed by atoms with Crippen molar-refractivity contribution >= 4 is 50.5 Å². The second-order valence-electron chi connectivity index (χ2n) is 9.84. The molecule has 3 aromatic rings. The van der Waals surface area contributed by atoms with E-state index < -0.39 is 44.0 Å². The van der Waals surface area contributed by atoms with Gasteiger partial charge >= 0.3 is 12.1 Å². The maximum Gasteiger partial charge on any atom is 0.402 e. The highest BCUT2D eigenvalue weighted by atomic mass is 35.5. The number of aliphatic carboxylic acids is 1. The SMILES string of the molecule is CC(C)(Cc1nnc(-c2nc(CC3CCC3)c(-c3ccc(S(=O)(=O)NCC(F)(F)F)c(Cl)c3Cl)s2)o1)C(=O)O. The molecule has 0 amide bonds. The molecule has 1 aliphatic rings. The Labute approximate surface area is 235 Å². The van der Waals surface area contributed by atoms with Crippen LogP contribution in [0.25, 0.3) is 21.3 Å². The van der Waals surface area contributed by atoms with Crippen molar-refractivity contribution < 1.29 is 35.9 Å². The van der Waals surface area contributed by atoms with Crippen molar-refractivity contribution in [1.82, 2.24) is 19.9 Å². The van der Waals surface area contributed by atoms with E-state index in [0.29, 0.717) is 33.5 Å². The Morgan fingerprint density at radius 2 is 1.90 bits per heavy atom. The van der Waals surface area contributed by atoms with Gasteiger partial charge in [-0.2, -0.15) is 13.2 Å². The lowest BCUT2D eigenvalue weighted by atomic mass is 9.82. The van der Waals surface area contributed by atoms with Crippen LogP contribution >= 0.6 is 34.5 Å². The van der Waals surface area contributed by atoms with Gasteiger partial charge in [-0.05, 0) is 32.3 Å². The van der Waals surface area contributed by atoms with Gasteiger partial charge < -0.3 is 9.52 Å². The summed E-state index contributed by atoms with van der Waals surface area (Å²) in [5.41, 5.74) is -0.135. The van der Waals surface area contributed by atoms with Crippen LogP contribution in [0.2, 0.25) is 10.0 Å². The number of hydrogen-bond donors (Lipinski definition) is 2. The quantitative estimate of drug-likeness (QED) is 0.279. The fourth-order valence-electron chi connectivity index (χ4n) is 3.80. The zero-order chi connectivity index (χ0) is 28.8. The Morgan fingerprint density at radius 3 is 2.49 bits per heavy atom. The molecule has 1 fully saturated rings. The molecule has 2 heterocycles. The van der Waals surface area contributed by atoms with Gasteiger partial charge in [0, 0.05) is 12.0 Å². The van der Waals surface area contributed by atoms with E-state index in [2.05, 4.69) is 15.2 Å². The van der Waals surface area contributed by atoms with Crippen LogP contribution in [-0.4, -0.2) is 47.4 Å². The fourth-order valence-corrected chi connectivity index (χ4v) is 6.78. The summed E-state index contributed by atoms with van der Waals surface area (Å²) in [7, 11) is -4.60. The molecule has 2 aromatic heterocycles. The number of sulfonamides is 1. The minimum Gasteiger partial charge on any atom is -0.481 e. The summed E-state index contributed by atoms with van der Waals surface area (Å²) in [5.74, 6) is -0.437. The molecule has 1 aromatic carbocycles. The first-order valence-electron chi connectivity index (χ1n) is 11.7. The predicted molar refractivity (Wildman–Crippen MR) is 138 cm³/mol. The van der Waals surface area contributed by atoms with Gasteiger partial charge in [-0.15, -0.1) is 21.5 Å². The molecule has 0 radical (unpaired) electrons. The van der Waals surface area contributed by atoms with Crippen molar-refractivity contribution in [3.8, 4) is 21.3 Å². The number of carbonyl (C=O) groups is 1. The number of nitrogens with zero attached hydrogens (tertiary/aromatic N) is 3. The van der Waals surface area contributed by atoms with E-state index in [1.165, 1.54) is 24.6 Å². The zero-order valence-electron chi connectivity index (χ0n) is 20.6. The largest absolute Gasteiger partial charge is 0.481 e. The third-order valence-electron chi connectivity index (χ3n) is 6.27. The summed E-state index contributed by atoms with van der Waals surface area (Å²) >= 11 is 13.9. The van der Waals surface area contributed by atoms with Gasteiger partial charge in [-0.1, -0.05) is 48.5 Å². The number of alkyl halides is 3. The molecule has 1 aliphatic carbocycles. The van der Waals surface area contributed by atoms with Gasteiger partial charge in [-0.25, -0.2) is 18.1 Å². The van der Waals surface area contributed by atoms with E-state index in [0.717, 1.165) is 36.7 Å². The van der Waals surface area contributed by atoms with Crippen molar-refractivity contribution in [2.75, 3.05) is 6.54 Å². The van der Waals surface area contributed by atoms with Crippen LogP contribution in [0.1, 0.15) is 44.7 Å². The summed E-state index contributed by atoms with van der Waals surface area (Å²) in [6.45, 7) is 1.31. The topological polar surface area (TPSA) is 135 Å². The minimum atomic E-state index is -4.75. The second-order valence-corrected chi connectivity index (χ2v) is 13.3. The highest BCUT2D eigenvalue weighted by Gasteiger charge is 2.33. The van der Waals surface area contributed by atoms with Gasteiger partial charge in [0.1, 0.15) is 11.4 Å². The smallest absolute Gasteiger partial charge is 0.402 e. The molecule has 0 saturated heterocycles. The van der Waals surface area contributed by atoms with Crippen molar-refractivity contribution in [2.45, 2.75) is 57.0 Å². The van der Waals surface area contributed by atoms with E-state index >= 15 is 0 Å². The molecule has 39 heavy (non-hydrogen) atoms. The van der Waals surface area contributed by atoms with Crippen LogP contribution in [0, 0.1) is 11.3 Å². The van der Waals surface area contributed by atoms with Crippen LogP contribution in [0.4, 0.5) is 13.2 Å². The molecule has 0 spiro atoms. The van der Waals surface area contributed by atoms with E-state index in [1.54, 1.807) is 0 Å². The van der Waals surface area contributed by atoms with Crippen LogP contribution < -0.4 is 4.72 Å². The van der Waals surface area contributed by atoms with Crippen LogP contribution in [0.15, 0.2) is 21.4 Å². The first-order valence-corrected chi connectivity index (χ1v) is 14.7. The summed E-state index contributed by atoms with van der Waals surface area (Å²) < 4.78 is 69.8. The van der Waals surface area contributed by atoms with Gasteiger partial charge in [0.2, 0.25) is 15.9 Å². The van der Waals surface area contributed by atoms with Crippen molar-refractivity contribution in [3.05, 3.63) is 33.8 Å². The highest BCUT2D eigenvalue weighted by Crippen LogP contribution is 2.44. The van der Waals surface area contributed by atoms with E-state index in [4.69, 9.17) is 27.6 Å². The lowest BCUT2D eigenvalue weighted by Gasteiger charge is -2.24. The first kappa shape index (κ1) is 29.7. The molecule has 16 heteroatoms. The average molecular weight is 627 g/mol. The predicted octanol–water partition coefficient (Wildman–Crippen LogP) is 6.00. The summed E-state index contributed by atoms with van der Waals surface area (Å²) in [5, 5.41) is 17.1. The molecule has 212 valence electrons. The Morgan fingerprint density at radius 1 is 1.21 bits per heavy atom. The molecular weight excluding hydrogens is 604 g/mol. The van der Waals surface area contributed by atoms with Gasteiger partial charge in [0.05, 0.1) is 26.0 Å². The van der Waals surface area contributed by atoms with Crippen molar-refractivity contribution in [3.63, 3.8) is 0 Å². The van der Waals surface area contributed by atoms with E-state index in [9.17, 15) is 31.5 Å². The van der Waals surface area contributed by atoms with Gasteiger partial charge in [-0.3, -0.25) is 4.79 Å². The Balaban J connectivity index is 1.70. The van der Waals surface area contributed by atoms with Gasteiger partial charge in [0.15, 0.2) is 5.01 Å². The number of rotatable bonds is 10. The number of hydrogen-bond acceptors (Lipinski definition) is 8. The average Bonchev–Trinajstić information content (AvgIpc) is 3.43. The first-order chi connectivity index (χ1) is 18.1. The van der Waals surface area contributed by atoms with Crippen molar-refractivity contribution in [1.29, 1.82) is 0 Å². The lowest BCUT2D eigenvalue weighted by molar-refractivity contribution is -0.147. The Kier molecular flexibility index (Phi) is 8.35. The number of nitrogens with one attached hydrogen (secondary N) is 1. The molecule has 0 unspecified atom stereocenters. The third-order valence-corrected chi connectivity index (χ3v) is 9.83. The standard InChI is InChI=1S/C23H23Cl2F3N4O5S2/c1-22(2,21(33)34)9-15-31-32-19(37-15)20-30-13(8-11-4-3-5-11)18(38-20)12-6-7-14(17(25)16(12)24)39(35,36)29-10-23(26,27)28/h6-7,11,29H,3-5,8-10H2,1-2H3,(H,33,34). The molecule has 0 bridgehead atoms. The highest BCUT2D eigenvalue weighted by molar-refractivity contribution is 7.89. The number of thiazole rings is 1. The zero-order valence-corrected chi connectivity index (χ0v) is 23.7. The maximum absolute atomic E-state index is 12.6. The Hall–Kier alpha value is -2.26. The summed E-state index contributed by atoms with van der Waals surface area (Å²) in [4.78, 5) is 16.1. The summed E-state index contributed by atoms with van der Waals surface area (Å²) in [6.07, 6.45) is -1.04. The number of halogens is 5. The molecular formula is C23H23Cl2F3N4O5S2. The van der Waals surface area contributed by atoms with E-state index in [1.807, 2.05) is 0 Å². The van der Waals surface area contributed by atoms with Crippen LogP contribution in [0.5, 0.6) is 0 Å². The molecule has 0 atom stereocenters. The number of carboxylic acid groups (broad SMARTS) is 1. The normalized spacial score (nSPS) is 14.9. The Bertz CT molecular complexity index is 1500. The molecule has 2 N–H and O–H groups in total. The summed E-state index contributed by atoms with van der Waals surface area (Å²) in [6, 6.07) is 2.46. The molecule has 9 nitrogen and oxygen atoms in total. The monoisotopic (exact) mass is 626 g/mol. The maximum atomic E-state index is 12.6. The van der Waals surface area contributed by atoms with Gasteiger partial charge in [0.25, 0.3) is 5.89 Å². The minimum absolute atomic E-state index is 0.00223. The molecule has 4 rings (SSSR count). The lowest BCUT2D eigenvalue weighted by Crippen LogP contribution is -2.33. The van der Waals surface area contributed by atoms with E-state index in [-0.39, 0.29) is 23.2 Å². The van der Waals surface area contributed by atoms with Crippen molar-refractivity contribution in [2.24, 2.45) is 11.3 Å². The number of aromatic nitrogens is 3. The van der Waals surface area contributed by atoms with Crippen LogP contribution in [-0.2, 0) is 27.7 Å². The molecule has 0 aliphatic heterocycles. The number of carboxylic acids is 1. The number of benzene rings is 1. The third kappa shape index (κ3) is 6.73. The fraction of sp³-hybridized carbons (Fsp3) is 0.478. The molecule has 1 saturated carbocycles.